The van der Waals surface area contributed by atoms with Crippen molar-refractivity contribution in [2.45, 2.75) is 65.1 Å². The minimum Gasteiger partial charge on any atom is -0.474 e. The van der Waals surface area contributed by atoms with E-state index >= 15 is 0 Å². The van der Waals surface area contributed by atoms with Gasteiger partial charge < -0.3 is 19.9 Å². The number of pyridine rings is 1. The fourth-order valence-corrected chi connectivity index (χ4v) is 3.34. The third kappa shape index (κ3) is 5.94. The average molecular weight is 386 g/mol. The highest BCUT2D eigenvalue weighted by atomic mass is 16.5. The molecule has 28 heavy (non-hydrogen) atoms. The number of aliphatic imine (C=N–C) groups is 1. The Morgan fingerprint density at radius 2 is 2.14 bits per heavy atom. The number of nitrogens with zero attached hydrogens (tertiary/aromatic N) is 5. The Hall–Kier alpha value is -2.64. The van der Waals surface area contributed by atoms with Gasteiger partial charge in [0, 0.05) is 38.3 Å². The zero-order valence-electron chi connectivity index (χ0n) is 16.9. The van der Waals surface area contributed by atoms with Gasteiger partial charge in [-0.05, 0) is 44.2 Å². The summed E-state index contributed by atoms with van der Waals surface area (Å²) in [6, 6.07) is 3.98. The van der Waals surface area contributed by atoms with Crippen LogP contribution in [0.25, 0.3) is 0 Å². The van der Waals surface area contributed by atoms with Crippen molar-refractivity contribution in [3.63, 3.8) is 0 Å². The molecule has 2 N–H and O–H groups in total. The van der Waals surface area contributed by atoms with Crippen LogP contribution in [-0.4, -0.2) is 44.9 Å². The molecule has 0 aliphatic heterocycles. The summed E-state index contributed by atoms with van der Waals surface area (Å²) in [5.74, 6) is 2.50. The standard InChI is InChI=1S/C20H31N7O/c1-3-18-26-25-15-27(18)12-11-23-20(21-4-2)24-14-16-9-10-22-19(13-16)28-17-7-5-6-8-17/h9-10,13,15,17H,3-8,11-12,14H2,1-2H3,(H2,21,23,24). The van der Waals surface area contributed by atoms with E-state index in [9.17, 15) is 0 Å². The van der Waals surface area contributed by atoms with Gasteiger partial charge in [-0.1, -0.05) is 6.92 Å². The molecule has 0 saturated heterocycles. The Balaban J connectivity index is 1.53. The molecule has 1 fully saturated rings. The van der Waals surface area contributed by atoms with Gasteiger partial charge in [-0.3, -0.25) is 0 Å². The highest BCUT2D eigenvalue weighted by Gasteiger charge is 2.17. The molecule has 2 heterocycles. The molecule has 0 radical (unpaired) electrons. The first-order chi connectivity index (χ1) is 13.8. The summed E-state index contributed by atoms with van der Waals surface area (Å²) in [7, 11) is 0. The first kappa shape index (κ1) is 20.1. The predicted octanol–water partition coefficient (Wildman–Crippen LogP) is 2.31. The number of guanidine groups is 1. The van der Waals surface area contributed by atoms with E-state index in [0.717, 1.165) is 56.2 Å². The van der Waals surface area contributed by atoms with Crippen LogP contribution < -0.4 is 15.4 Å². The number of aryl methyl sites for hydroxylation is 1. The summed E-state index contributed by atoms with van der Waals surface area (Å²) >= 11 is 0. The quantitative estimate of drug-likeness (QED) is 0.509. The zero-order chi connectivity index (χ0) is 19.6. The Bertz CT molecular complexity index is 753. The SMILES string of the molecule is CCNC(=NCc1ccnc(OC2CCCC2)c1)NCCn1cnnc1CC. The normalized spacial score (nSPS) is 15.0. The van der Waals surface area contributed by atoms with Gasteiger partial charge in [0.25, 0.3) is 0 Å². The van der Waals surface area contributed by atoms with Gasteiger partial charge in [-0.25, -0.2) is 9.98 Å². The lowest BCUT2D eigenvalue weighted by molar-refractivity contribution is 0.201. The number of nitrogens with one attached hydrogen (secondary N) is 2. The van der Waals surface area contributed by atoms with E-state index in [1.165, 1.54) is 12.8 Å². The first-order valence-electron chi connectivity index (χ1n) is 10.3. The van der Waals surface area contributed by atoms with Crippen molar-refractivity contribution in [2.24, 2.45) is 4.99 Å². The van der Waals surface area contributed by atoms with Crippen LogP contribution >= 0.6 is 0 Å². The van der Waals surface area contributed by atoms with Crippen molar-refractivity contribution in [1.82, 2.24) is 30.4 Å². The summed E-state index contributed by atoms with van der Waals surface area (Å²) in [6.07, 6.45) is 9.52. The van der Waals surface area contributed by atoms with Crippen molar-refractivity contribution < 1.29 is 4.74 Å². The molecule has 152 valence electrons. The molecular formula is C20H31N7O. The molecular weight excluding hydrogens is 354 g/mol. The minimum atomic E-state index is 0.316. The molecule has 1 aliphatic rings. The molecule has 1 saturated carbocycles. The summed E-state index contributed by atoms with van der Waals surface area (Å²) < 4.78 is 8.05. The number of hydrogen-bond donors (Lipinski definition) is 2. The van der Waals surface area contributed by atoms with E-state index in [4.69, 9.17) is 4.74 Å². The van der Waals surface area contributed by atoms with Crippen LogP contribution in [0.15, 0.2) is 29.6 Å². The van der Waals surface area contributed by atoms with Crippen molar-refractivity contribution in [3.8, 4) is 5.88 Å². The van der Waals surface area contributed by atoms with Gasteiger partial charge in [-0.15, -0.1) is 10.2 Å². The maximum absolute atomic E-state index is 5.99. The largest absolute Gasteiger partial charge is 0.474 e. The van der Waals surface area contributed by atoms with E-state index in [-0.39, 0.29) is 0 Å². The van der Waals surface area contributed by atoms with Crippen LogP contribution in [0.1, 0.15) is 50.9 Å². The molecule has 0 unspecified atom stereocenters. The average Bonchev–Trinajstić information content (AvgIpc) is 3.38. The fourth-order valence-electron chi connectivity index (χ4n) is 3.34. The predicted molar refractivity (Wildman–Crippen MR) is 109 cm³/mol. The third-order valence-corrected chi connectivity index (χ3v) is 4.81. The molecule has 8 nitrogen and oxygen atoms in total. The number of hydrogen-bond acceptors (Lipinski definition) is 5. The molecule has 0 bridgehead atoms. The highest BCUT2D eigenvalue weighted by Crippen LogP contribution is 2.23. The van der Waals surface area contributed by atoms with Crippen LogP contribution in [0.5, 0.6) is 5.88 Å². The molecule has 0 amide bonds. The van der Waals surface area contributed by atoms with Gasteiger partial charge in [-0.2, -0.15) is 0 Å². The van der Waals surface area contributed by atoms with Crippen molar-refractivity contribution in [2.75, 3.05) is 13.1 Å². The van der Waals surface area contributed by atoms with Gasteiger partial charge in [0.15, 0.2) is 5.96 Å². The lowest BCUT2D eigenvalue weighted by atomic mass is 10.2. The molecule has 3 rings (SSSR count). The maximum atomic E-state index is 5.99. The van der Waals surface area contributed by atoms with E-state index in [0.29, 0.717) is 18.5 Å². The van der Waals surface area contributed by atoms with Crippen LogP contribution in [-0.2, 0) is 19.5 Å². The topological polar surface area (TPSA) is 89.3 Å². The highest BCUT2D eigenvalue weighted by molar-refractivity contribution is 5.79. The molecule has 0 aromatic carbocycles. The van der Waals surface area contributed by atoms with E-state index in [2.05, 4.69) is 49.2 Å². The molecule has 2 aromatic rings. The monoisotopic (exact) mass is 385 g/mol. The van der Waals surface area contributed by atoms with Gasteiger partial charge in [0.05, 0.1) is 6.54 Å². The molecule has 0 spiro atoms. The van der Waals surface area contributed by atoms with Crippen LogP contribution in [0.3, 0.4) is 0 Å². The Kier molecular flexibility index (Phi) is 7.63. The molecule has 0 atom stereocenters. The lowest BCUT2D eigenvalue weighted by Gasteiger charge is -2.13. The maximum Gasteiger partial charge on any atom is 0.213 e. The second-order valence-corrected chi connectivity index (χ2v) is 6.94. The van der Waals surface area contributed by atoms with Crippen molar-refractivity contribution in [3.05, 3.63) is 36.0 Å². The lowest BCUT2D eigenvalue weighted by Crippen LogP contribution is -2.38. The number of ether oxygens (including phenoxy) is 1. The summed E-state index contributed by atoms with van der Waals surface area (Å²) in [5, 5.41) is 14.7. The van der Waals surface area contributed by atoms with Gasteiger partial charge in [0.1, 0.15) is 18.3 Å². The van der Waals surface area contributed by atoms with E-state index in [1.807, 2.05) is 12.1 Å². The Morgan fingerprint density at radius 1 is 1.29 bits per heavy atom. The van der Waals surface area contributed by atoms with E-state index < -0.39 is 0 Å². The van der Waals surface area contributed by atoms with Crippen LogP contribution in [0.4, 0.5) is 0 Å². The smallest absolute Gasteiger partial charge is 0.213 e. The summed E-state index contributed by atoms with van der Waals surface area (Å²) in [4.78, 5) is 9.03. The van der Waals surface area contributed by atoms with Gasteiger partial charge in [0.2, 0.25) is 5.88 Å². The molecule has 1 aliphatic carbocycles. The first-order valence-corrected chi connectivity index (χ1v) is 10.3. The van der Waals surface area contributed by atoms with Gasteiger partial charge >= 0.3 is 0 Å². The zero-order valence-corrected chi connectivity index (χ0v) is 16.9. The van der Waals surface area contributed by atoms with Crippen molar-refractivity contribution >= 4 is 5.96 Å². The second-order valence-electron chi connectivity index (χ2n) is 6.94. The second kappa shape index (κ2) is 10.6. The Morgan fingerprint density at radius 3 is 2.93 bits per heavy atom. The molecule has 2 aromatic heterocycles. The minimum absolute atomic E-state index is 0.316. The summed E-state index contributed by atoms with van der Waals surface area (Å²) in [6.45, 7) is 7.08. The number of rotatable bonds is 9. The van der Waals surface area contributed by atoms with E-state index in [1.54, 1.807) is 12.5 Å². The summed E-state index contributed by atoms with van der Waals surface area (Å²) in [5.41, 5.74) is 1.09. The molecule has 8 heteroatoms. The third-order valence-electron chi connectivity index (χ3n) is 4.81. The number of aromatic nitrogens is 4. The van der Waals surface area contributed by atoms with Crippen LogP contribution in [0.2, 0.25) is 0 Å². The van der Waals surface area contributed by atoms with Crippen molar-refractivity contribution in [1.29, 1.82) is 0 Å². The van der Waals surface area contributed by atoms with Crippen LogP contribution in [0, 0.1) is 0 Å². The fraction of sp³-hybridized carbons (Fsp3) is 0.600. The Labute approximate surface area is 166 Å².